The Balaban J connectivity index is 1.95. The van der Waals surface area contributed by atoms with E-state index in [1.807, 2.05) is 23.6 Å². The number of amides is 2. The molecule has 0 aliphatic carbocycles. The second kappa shape index (κ2) is 8.28. The van der Waals surface area contributed by atoms with E-state index in [9.17, 15) is 9.59 Å². The highest BCUT2D eigenvalue weighted by Gasteiger charge is 2.18. The maximum absolute atomic E-state index is 12.2. The predicted octanol–water partition coefficient (Wildman–Crippen LogP) is 2.04. The smallest absolute Gasteiger partial charge is 0.222 e. The van der Waals surface area contributed by atoms with E-state index in [2.05, 4.69) is 15.6 Å². The van der Waals surface area contributed by atoms with Crippen molar-refractivity contribution in [1.82, 2.24) is 15.6 Å². The summed E-state index contributed by atoms with van der Waals surface area (Å²) in [5.74, 6) is 0.178. The van der Waals surface area contributed by atoms with E-state index >= 15 is 0 Å². The molecule has 1 atom stereocenters. The molecule has 0 bridgehead atoms. The quantitative estimate of drug-likeness (QED) is 0.812. The van der Waals surface area contributed by atoms with Crippen molar-refractivity contribution in [2.45, 2.75) is 25.9 Å². The second-order valence-electron chi connectivity index (χ2n) is 4.92. The number of aromatic nitrogens is 1. The Hall–Kier alpha value is -2.41. The lowest BCUT2D eigenvalue weighted by atomic mass is 10.1. The van der Waals surface area contributed by atoms with Crippen molar-refractivity contribution < 1.29 is 14.3 Å². The highest BCUT2D eigenvalue weighted by molar-refractivity contribution is 7.10. The number of carbonyl (C=O) groups excluding carboxylic acids is 2. The Labute approximate surface area is 138 Å². The van der Waals surface area contributed by atoms with Crippen LogP contribution in [0.15, 0.2) is 35.8 Å². The van der Waals surface area contributed by atoms with Gasteiger partial charge in [0.25, 0.3) is 0 Å². The van der Waals surface area contributed by atoms with Crippen LogP contribution >= 0.6 is 11.3 Å². The Morgan fingerprint density at radius 3 is 2.83 bits per heavy atom. The fraction of sp³-hybridized carbons (Fsp3) is 0.312. The van der Waals surface area contributed by atoms with Gasteiger partial charge in [-0.1, -0.05) is 12.1 Å². The Kier molecular flexibility index (Phi) is 6.10. The van der Waals surface area contributed by atoms with Crippen LogP contribution in [0.3, 0.4) is 0 Å². The monoisotopic (exact) mass is 333 g/mol. The summed E-state index contributed by atoms with van der Waals surface area (Å²) >= 11 is 1.51. The van der Waals surface area contributed by atoms with Crippen LogP contribution in [0, 0.1) is 0 Å². The third-order valence-corrected chi connectivity index (χ3v) is 4.16. The summed E-state index contributed by atoms with van der Waals surface area (Å²) in [5.41, 5.74) is 0.801. The number of carbonyl (C=O) groups is 2. The van der Waals surface area contributed by atoms with Gasteiger partial charge >= 0.3 is 0 Å². The molecular weight excluding hydrogens is 314 g/mol. The Morgan fingerprint density at radius 1 is 1.35 bits per heavy atom. The fourth-order valence-electron chi connectivity index (χ4n) is 2.15. The SMILES string of the molecule is COc1ncccc1CNC(=O)C[C@@H](NC(C)=O)c1cccs1. The van der Waals surface area contributed by atoms with Crippen molar-refractivity contribution in [2.75, 3.05) is 7.11 Å². The number of ether oxygens (including phenoxy) is 1. The van der Waals surface area contributed by atoms with Crippen LogP contribution in [0.1, 0.15) is 29.8 Å². The van der Waals surface area contributed by atoms with Gasteiger partial charge in [-0.2, -0.15) is 0 Å². The Bertz CT molecular complexity index is 658. The Morgan fingerprint density at radius 2 is 2.17 bits per heavy atom. The molecule has 0 saturated carbocycles. The van der Waals surface area contributed by atoms with Crippen molar-refractivity contribution in [3.8, 4) is 5.88 Å². The molecule has 2 rings (SSSR count). The van der Waals surface area contributed by atoms with Gasteiger partial charge in [-0.25, -0.2) is 4.98 Å². The molecule has 23 heavy (non-hydrogen) atoms. The summed E-state index contributed by atoms with van der Waals surface area (Å²) in [6.45, 7) is 1.77. The first-order valence-electron chi connectivity index (χ1n) is 7.15. The summed E-state index contributed by atoms with van der Waals surface area (Å²) < 4.78 is 5.15. The molecule has 0 saturated heterocycles. The molecule has 7 heteroatoms. The minimum atomic E-state index is -0.316. The predicted molar refractivity (Wildman–Crippen MR) is 88.1 cm³/mol. The topological polar surface area (TPSA) is 80.3 Å². The average molecular weight is 333 g/mol. The molecule has 0 aliphatic rings. The molecule has 0 fully saturated rings. The highest BCUT2D eigenvalue weighted by Crippen LogP contribution is 2.22. The standard InChI is InChI=1S/C16H19N3O3S/c1-11(20)19-13(14-6-4-8-23-14)9-15(21)18-10-12-5-3-7-17-16(12)22-2/h3-8,13H,9-10H2,1-2H3,(H,18,21)(H,19,20)/t13-/m1/s1. The van der Waals surface area contributed by atoms with E-state index in [1.54, 1.807) is 12.3 Å². The van der Waals surface area contributed by atoms with Crippen molar-refractivity contribution in [3.05, 3.63) is 46.3 Å². The van der Waals surface area contributed by atoms with E-state index in [0.29, 0.717) is 12.4 Å². The van der Waals surface area contributed by atoms with Crippen molar-refractivity contribution >= 4 is 23.2 Å². The lowest BCUT2D eigenvalue weighted by Crippen LogP contribution is -2.32. The molecule has 2 heterocycles. The molecule has 0 radical (unpaired) electrons. The maximum atomic E-state index is 12.2. The zero-order valence-electron chi connectivity index (χ0n) is 13.0. The number of nitrogens with one attached hydrogen (secondary N) is 2. The maximum Gasteiger partial charge on any atom is 0.222 e. The van der Waals surface area contributed by atoms with Crippen molar-refractivity contribution in [2.24, 2.45) is 0 Å². The van der Waals surface area contributed by atoms with Crippen molar-refractivity contribution in [1.29, 1.82) is 0 Å². The average Bonchev–Trinajstić information content (AvgIpc) is 3.06. The molecule has 0 aliphatic heterocycles. The molecule has 2 aromatic heterocycles. The molecule has 0 aromatic carbocycles. The number of hydrogen-bond donors (Lipinski definition) is 2. The summed E-state index contributed by atoms with van der Waals surface area (Å²) in [6, 6.07) is 7.12. The molecule has 2 aromatic rings. The van der Waals surface area contributed by atoms with Crippen LogP contribution in [0.5, 0.6) is 5.88 Å². The molecule has 0 unspecified atom stereocenters. The largest absolute Gasteiger partial charge is 0.481 e. The molecular formula is C16H19N3O3S. The summed E-state index contributed by atoms with van der Waals surface area (Å²) in [6.07, 6.45) is 1.82. The third-order valence-electron chi connectivity index (χ3n) is 3.17. The van der Waals surface area contributed by atoms with Gasteiger partial charge in [-0.15, -0.1) is 11.3 Å². The first kappa shape index (κ1) is 17.0. The number of pyridine rings is 1. The van der Waals surface area contributed by atoms with Gasteiger partial charge in [0.05, 0.1) is 19.6 Å². The zero-order valence-corrected chi connectivity index (χ0v) is 13.9. The van der Waals surface area contributed by atoms with Crippen LogP contribution in [0.25, 0.3) is 0 Å². The van der Waals surface area contributed by atoms with Crippen LogP contribution in [0.4, 0.5) is 0 Å². The normalized spacial score (nSPS) is 11.6. The molecule has 2 N–H and O–H groups in total. The minimum Gasteiger partial charge on any atom is -0.481 e. The fourth-order valence-corrected chi connectivity index (χ4v) is 2.93. The number of thiophene rings is 1. The molecule has 6 nitrogen and oxygen atoms in total. The van der Waals surface area contributed by atoms with Gasteiger partial charge in [0.15, 0.2) is 0 Å². The third kappa shape index (κ3) is 5.07. The number of methoxy groups -OCH3 is 1. The molecule has 122 valence electrons. The van der Waals surface area contributed by atoms with Gasteiger partial charge in [0, 0.05) is 30.1 Å². The van der Waals surface area contributed by atoms with E-state index in [1.165, 1.54) is 25.4 Å². The number of rotatable bonds is 7. The summed E-state index contributed by atoms with van der Waals surface area (Å²) in [4.78, 5) is 28.6. The van der Waals surface area contributed by atoms with E-state index in [0.717, 1.165) is 10.4 Å². The minimum absolute atomic E-state index is 0.150. The van der Waals surface area contributed by atoms with Gasteiger partial charge in [-0.05, 0) is 17.5 Å². The highest BCUT2D eigenvalue weighted by atomic mass is 32.1. The van der Waals surface area contributed by atoms with E-state index < -0.39 is 0 Å². The van der Waals surface area contributed by atoms with Crippen LogP contribution in [-0.2, 0) is 16.1 Å². The molecule has 0 spiro atoms. The van der Waals surface area contributed by atoms with Crippen LogP contribution in [0.2, 0.25) is 0 Å². The van der Waals surface area contributed by atoms with Gasteiger partial charge in [0.2, 0.25) is 17.7 Å². The second-order valence-corrected chi connectivity index (χ2v) is 5.90. The van der Waals surface area contributed by atoms with E-state index in [4.69, 9.17) is 4.74 Å². The van der Waals surface area contributed by atoms with Crippen LogP contribution in [-0.4, -0.2) is 23.9 Å². The number of nitrogens with zero attached hydrogens (tertiary/aromatic N) is 1. The zero-order chi connectivity index (χ0) is 16.7. The molecule has 2 amide bonds. The van der Waals surface area contributed by atoms with E-state index in [-0.39, 0.29) is 24.3 Å². The lowest BCUT2D eigenvalue weighted by Gasteiger charge is -2.16. The summed E-state index contributed by atoms with van der Waals surface area (Å²) in [7, 11) is 1.54. The van der Waals surface area contributed by atoms with Gasteiger partial charge in [0.1, 0.15) is 0 Å². The van der Waals surface area contributed by atoms with Crippen molar-refractivity contribution in [3.63, 3.8) is 0 Å². The van der Waals surface area contributed by atoms with Gasteiger partial charge in [-0.3, -0.25) is 9.59 Å². The first-order valence-corrected chi connectivity index (χ1v) is 8.03. The van der Waals surface area contributed by atoms with Gasteiger partial charge < -0.3 is 15.4 Å². The lowest BCUT2D eigenvalue weighted by molar-refractivity contribution is -0.122. The summed E-state index contributed by atoms with van der Waals surface area (Å²) in [5, 5.41) is 7.56. The van der Waals surface area contributed by atoms with Crippen LogP contribution < -0.4 is 15.4 Å². The first-order chi connectivity index (χ1) is 11.1. The number of hydrogen-bond acceptors (Lipinski definition) is 5.